The maximum Gasteiger partial charge on any atom is 0.181 e. The van der Waals surface area contributed by atoms with Crippen molar-refractivity contribution >= 4 is 35.0 Å². The van der Waals surface area contributed by atoms with Crippen molar-refractivity contribution in [2.45, 2.75) is 13.0 Å². The number of hydrogen-bond donors (Lipinski definition) is 2. The first-order valence-electron chi connectivity index (χ1n) is 4.18. The van der Waals surface area contributed by atoms with Crippen LogP contribution in [0.4, 0.5) is 5.69 Å². The van der Waals surface area contributed by atoms with Crippen molar-refractivity contribution in [2.75, 3.05) is 3.94 Å². The van der Waals surface area contributed by atoms with Crippen LogP contribution in [-0.2, 0) is 0 Å². The molecule has 3 N–H and O–H groups in total. The number of carbonyl (C=O) groups is 1. The van der Waals surface area contributed by atoms with Crippen LogP contribution in [0, 0.1) is 0 Å². The van der Waals surface area contributed by atoms with Gasteiger partial charge in [-0.15, -0.1) is 0 Å². The Morgan fingerprint density at radius 2 is 2.13 bits per heavy atom. The van der Waals surface area contributed by atoms with Gasteiger partial charge in [-0.05, 0) is 19.1 Å². The molecule has 0 bridgehead atoms. The molecule has 0 unspecified atom stereocenters. The molecule has 0 amide bonds. The van der Waals surface area contributed by atoms with E-state index in [0.717, 1.165) is 0 Å². The molecule has 0 saturated heterocycles. The summed E-state index contributed by atoms with van der Waals surface area (Å²) >= 11 is 11.0. The van der Waals surface area contributed by atoms with E-state index >= 15 is 0 Å². The highest BCUT2D eigenvalue weighted by molar-refractivity contribution is 6.50. The predicted molar refractivity (Wildman–Crippen MR) is 60.3 cm³/mol. The fourth-order valence-electron chi connectivity index (χ4n) is 1.15. The molecule has 0 saturated carbocycles. The number of rotatable bonds is 3. The van der Waals surface area contributed by atoms with Crippen LogP contribution in [0.1, 0.15) is 17.3 Å². The third-order valence-corrected chi connectivity index (χ3v) is 2.20. The van der Waals surface area contributed by atoms with Crippen molar-refractivity contribution in [1.82, 2.24) is 0 Å². The number of carbonyl (C=O) groups excluding carboxylic acids is 1. The van der Waals surface area contributed by atoms with Gasteiger partial charge in [0.2, 0.25) is 0 Å². The highest BCUT2D eigenvalue weighted by atomic mass is 35.5. The zero-order valence-electron chi connectivity index (χ0n) is 7.95. The standard InChI is InChI=1S/C9H10Cl2N2O2/c1-5(12)9(15)6-3-2-4-7(14)8(6)13(10)11/h2-5,14H,12H2,1H3/t5-/m0/s1. The van der Waals surface area contributed by atoms with E-state index in [-0.39, 0.29) is 22.8 Å². The van der Waals surface area contributed by atoms with Crippen LogP contribution in [0.2, 0.25) is 0 Å². The predicted octanol–water partition coefficient (Wildman–Crippen LogP) is 2.04. The van der Waals surface area contributed by atoms with Gasteiger partial charge in [0.05, 0.1) is 6.04 Å². The number of Topliss-reactive ketones (excluding diaryl/α,β-unsaturated/α-hetero) is 1. The highest BCUT2D eigenvalue weighted by Crippen LogP contribution is 2.34. The molecule has 1 aromatic rings. The summed E-state index contributed by atoms with van der Waals surface area (Å²) in [5, 5.41) is 9.49. The number of anilines is 1. The smallest absolute Gasteiger partial charge is 0.181 e. The Kier molecular flexibility index (Phi) is 3.79. The third kappa shape index (κ3) is 2.53. The van der Waals surface area contributed by atoms with Gasteiger partial charge in [-0.25, -0.2) is 0 Å². The lowest BCUT2D eigenvalue weighted by molar-refractivity contribution is 0.0968. The lowest BCUT2D eigenvalue weighted by Crippen LogP contribution is -2.27. The maximum absolute atomic E-state index is 11.6. The third-order valence-electron chi connectivity index (χ3n) is 1.86. The van der Waals surface area contributed by atoms with Crippen molar-refractivity contribution in [3.8, 4) is 5.75 Å². The molecule has 0 radical (unpaired) electrons. The first kappa shape index (κ1) is 12.1. The summed E-state index contributed by atoms with van der Waals surface area (Å²) < 4.78 is 0.644. The SMILES string of the molecule is C[C@H](N)C(=O)c1cccc(O)c1N(Cl)Cl. The van der Waals surface area contributed by atoms with Crippen LogP contribution >= 0.6 is 23.6 Å². The van der Waals surface area contributed by atoms with Gasteiger partial charge < -0.3 is 10.8 Å². The lowest BCUT2D eigenvalue weighted by atomic mass is 10.0. The normalized spacial score (nSPS) is 12.3. The van der Waals surface area contributed by atoms with Gasteiger partial charge in [-0.3, -0.25) is 4.79 Å². The first-order chi connectivity index (χ1) is 6.95. The van der Waals surface area contributed by atoms with Gasteiger partial charge in [0.1, 0.15) is 11.4 Å². The van der Waals surface area contributed by atoms with Crippen molar-refractivity contribution in [2.24, 2.45) is 5.73 Å². The van der Waals surface area contributed by atoms with Crippen LogP contribution in [0.3, 0.4) is 0 Å². The number of hydrogen-bond acceptors (Lipinski definition) is 4. The van der Waals surface area contributed by atoms with E-state index in [4.69, 9.17) is 29.3 Å². The van der Waals surface area contributed by atoms with E-state index in [1.165, 1.54) is 18.2 Å². The van der Waals surface area contributed by atoms with Crippen LogP contribution in [0.5, 0.6) is 5.75 Å². The molecule has 0 aliphatic rings. The summed E-state index contributed by atoms with van der Waals surface area (Å²) in [4.78, 5) is 11.6. The minimum absolute atomic E-state index is 0.0446. The summed E-state index contributed by atoms with van der Waals surface area (Å²) in [7, 11) is 0. The fraction of sp³-hybridized carbons (Fsp3) is 0.222. The highest BCUT2D eigenvalue weighted by Gasteiger charge is 2.20. The molecule has 1 atom stereocenters. The van der Waals surface area contributed by atoms with Crippen LogP contribution < -0.4 is 9.67 Å². The Morgan fingerprint density at radius 1 is 1.53 bits per heavy atom. The van der Waals surface area contributed by atoms with E-state index in [9.17, 15) is 9.90 Å². The second kappa shape index (κ2) is 4.70. The number of para-hydroxylation sites is 1. The molecular formula is C9H10Cl2N2O2. The fourth-order valence-corrected chi connectivity index (χ4v) is 1.51. The summed E-state index contributed by atoms with van der Waals surface area (Å²) in [5.41, 5.74) is 5.69. The first-order valence-corrected chi connectivity index (χ1v) is 4.86. The van der Waals surface area contributed by atoms with Gasteiger partial charge in [0.25, 0.3) is 0 Å². The zero-order chi connectivity index (χ0) is 11.6. The largest absolute Gasteiger partial charge is 0.506 e. The lowest BCUT2D eigenvalue weighted by Gasteiger charge is -2.14. The van der Waals surface area contributed by atoms with Crippen molar-refractivity contribution in [1.29, 1.82) is 0 Å². The van der Waals surface area contributed by atoms with Crippen LogP contribution in [-0.4, -0.2) is 16.9 Å². The number of phenolic OH excluding ortho intramolecular Hbond substituents is 1. The molecule has 1 rings (SSSR count). The second-order valence-corrected chi connectivity index (χ2v) is 3.91. The molecule has 0 spiro atoms. The van der Waals surface area contributed by atoms with Crippen LogP contribution in [0.15, 0.2) is 18.2 Å². The van der Waals surface area contributed by atoms with Crippen LogP contribution in [0.25, 0.3) is 0 Å². The summed E-state index contributed by atoms with van der Waals surface area (Å²) in [6, 6.07) is 3.72. The Bertz CT molecular complexity index is 380. The summed E-state index contributed by atoms with van der Waals surface area (Å²) in [5.74, 6) is -0.515. The van der Waals surface area contributed by atoms with E-state index in [1.807, 2.05) is 0 Å². The Morgan fingerprint density at radius 3 is 2.60 bits per heavy atom. The molecule has 0 aliphatic heterocycles. The molecule has 0 aromatic heterocycles. The molecule has 0 heterocycles. The Hall–Kier alpha value is -0.970. The number of aromatic hydroxyl groups is 1. The molecule has 0 aliphatic carbocycles. The quantitative estimate of drug-likeness (QED) is 0.635. The molecule has 1 aromatic carbocycles. The number of benzene rings is 1. The topological polar surface area (TPSA) is 66.6 Å². The molecular weight excluding hydrogens is 239 g/mol. The van der Waals surface area contributed by atoms with E-state index < -0.39 is 6.04 Å². The number of nitrogens with zero attached hydrogens (tertiary/aromatic N) is 1. The average Bonchev–Trinajstić information content (AvgIpc) is 2.15. The molecule has 6 heteroatoms. The van der Waals surface area contributed by atoms with Gasteiger partial charge >= 0.3 is 0 Å². The Labute approximate surface area is 97.4 Å². The summed E-state index contributed by atoms with van der Waals surface area (Å²) in [6.07, 6.45) is 0. The number of phenols is 1. The van der Waals surface area contributed by atoms with Crippen molar-refractivity contribution in [3.63, 3.8) is 0 Å². The Balaban J connectivity index is 3.29. The minimum atomic E-state index is -0.682. The van der Waals surface area contributed by atoms with Crippen molar-refractivity contribution < 1.29 is 9.90 Å². The summed E-state index contributed by atoms with van der Waals surface area (Å²) in [6.45, 7) is 1.54. The van der Waals surface area contributed by atoms with Gasteiger partial charge in [-0.1, -0.05) is 6.07 Å². The van der Waals surface area contributed by atoms with Crippen molar-refractivity contribution in [3.05, 3.63) is 23.8 Å². The van der Waals surface area contributed by atoms with Gasteiger partial charge in [0, 0.05) is 29.1 Å². The average molecular weight is 249 g/mol. The number of halogens is 2. The van der Waals surface area contributed by atoms with E-state index in [2.05, 4.69) is 0 Å². The number of nitrogens with two attached hydrogens (primary N) is 1. The minimum Gasteiger partial charge on any atom is -0.506 e. The molecule has 0 fully saturated rings. The van der Waals surface area contributed by atoms with E-state index in [1.54, 1.807) is 6.92 Å². The molecule has 4 nitrogen and oxygen atoms in total. The second-order valence-electron chi connectivity index (χ2n) is 3.06. The van der Waals surface area contributed by atoms with E-state index in [0.29, 0.717) is 3.94 Å². The molecule has 82 valence electrons. The van der Waals surface area contributed by atoms with Gasteiger partial charge in [0.15, 0.2) is 5.78 Å². The molecule has 15 heavy (non-hydrogen) atoms. The maximum atomic E-state index is 11.6. The van der Waals surface area contributed by atoms with Gasteiger partial charge in [-0.2, -0.15) is 3.94 Å². The zero-order valence-corrected chi connectivity index (χ0v) is 9.46. The monoisotopic (exact) mass is 248 g/mol. The number of ketones is 1.